The van der Waals surface area contributed by atoms with E-state index in [1.807, 2.05) is 24.3 Å². The lowest BCUT2D eigenvalue weighted by molar-refractivity contribution is 0.413. The Morgan fingerprint density at radius 2 is 2.00 bits per heavy atom. The molecule has 0 aliphatic heterocycles. The zero-order valence-electron chi connectivity index (χ0n) is 7.92. The van der Waals surface area contributed by atoms with Crippen LogP contribution in [0.15, 0.2) is 30.0 Å². The summed E-state index contributed by atoms with van der Waals surface area (Å²) in [4.78, 5) is 6.08. The zero-order valence-corrected chi connectivity index (χ0v) is 10.2. The summed E-state index contributed by atoms with van der Waals surface area (Å²) in [6.45, 7) is 0. The number of aromatic amines is 1. The Hall–Kier alpha value is -0.900. The van der Waals surface area contributed by atoms with Gasteiger partial charge in [0.1, 0.15) is 10.8 Å². The number of fused-ring (bicyclic) bond motifs is 1. The third kappa shape index (κ3) is 2.12. The first-order valence-corrected chi connectivity index (χ1v) is 5.66. The van der Waals surface area contributed by atoms with E-state index in [4.69, 9.17) is 34.8 Å². The Balaban J connectivity index is 2.52. The van der Waals surface area contributed by atoms with E-state index in [0.29, 0.717) is 5.82 Å². The van der Waals surface area contributed by atoms with Crippen LogP contribution in [0.5, 0.6) is 0 Å². The highest BCUT2D eigenvalue weighted by atomic mass is 35.5. The third-order valence-electron chi connectivity index (χ3n) is 2.03. The molecule has 0 radical (unpaired) electrons. The van der Waals surface area contributed by atoms with E-state index in [1.165, 1.54) is 0 Å². The summed E-state index contributed by atoms with van der Waals surface area (Å²) in [6, 6.07) is 7.41. The molecule has 6 heteroatoms. The van der Waals surface area contributed by atoms with Crippen LogP contribution in [0.3, 0.4) is 0 Å². The van der Waals surface area contributed by atoms with Gasteiger partial charge in [-0.3, -0.25) is 0 Å². The molecule has 16 heavy (non-hydrogen) atoms. The van der Waals surface area contributed by atoms with Crippen molar-refractivity contribution in [3.05, 3.63) is 35.8 Å². The number of rotatable bonds is 2. The van der Waals surface area contributed by atoms with Crippen LogP contribution >= 0.6 is 34.8 Å². The van der Waals surface area contributed by atoms with Gasteiger partial charge < -0.3 is 10.1 Å². The third-order valence-corrected chi connectivity index (χ3v) is 2.81. The van der Waals surface area contributed by atoms with Crippen LogP contribution in [0.1, 0.15) is 5.82 Å². The van der Waals surface area contributed by atoms with Gasteiger partial charge in [0.05, 0.1) is 11.0 Å². The molecule has 2 aromatic rings. The van der Waals surface area contributed by atoms with E-state index >= 15 is 0 Å². The van der Waals surface area contributed by atoms with Gasteiger partial charge in [0.2, 0.25) is 0 Å². The fourth-order valence-corrected chi connectivity index (χ4v) is 1.80. The number of aliphatic hydroxyl groups excluding tert-OH is 1. The fraction of sp³-hybridized carbons (Fsp3) is 0.100. The van der Waals surface area contributed by atoms with Crippen molar-refractivity contribution in [2.75, 3.05) is 0 Å². The minimum atomic E-state index is -1.07. The molecule has 0 saturated carbocycles. The SMILES string of the molecule is O/C(=C(/Cl)c1nc2ccccc2[nH]1)C(Cl)Cl. The summed E-state index contributed by atoms with van der Waals surface area (Å²) in [5, 5.41) is 9.52. The van der Waals surface area contributed by atoms with Gasteiger partial charge in [-0.05, 0) is 12.1 Å². The average Bonchev–Trinajstić information content (AvgIpc) is 2.70. The van der Waals surface area contributed by atoms with E-state index < -0.39 is 4.84 Å². The predicted molar refractivity (Wildman–Crippen MR) is 67.0 cm³/mol. The molecule has 1 aromatic heterocycles. The Morgan fingerprint density at radius 3 is 2.62 bits per heavy atom. The van der Waals surface area contributed by atoms with Crippen LogP contribution < -0.4 is 0 Å². The minimum Gasteiger partial charge on any atom is -0.508 e. The molecule has 0 spiro atoms. The van der Waals surface area contributed by atoms with E-state index in [-0.39, 0.29) is 10.8 Å². The molecule has 3 nitrogen and oxygen atoms in total. The molecule has 0 aliphatic carbocycles. The number of aliphatic hydroxyl groups is 1. The van der Waals surface area contributed by atoms with E-state index in [9.17, 15) is 5.11 Å². The Bertz CT molecular complexity index is 515. The molecule has 0 saturated heterocycles. The highest BCUT2D eigenvalue weighted by Crippen LogP contribution is 2.26. The first-order valence-electron chi connectivity index (χ1n) is 4.41. The lowest BCUT2D eigenvalue weighted by atomic mass is 10.3. The van der Waals surface area contributed by atoms with Gasteiger partial charge >= 0.3 is 0 Å². The van der Waals surface area contributed by atoms with Crippen molar-refractivity contribution < 1.29 is 5.11 Å². The van der Waals surface area contributed by atoms with Crippen LogP contribution in [0.4, 0.5) is 0 Å². The lowest BCUT2D eigenvalue weighted by Crippen LogP contribution is -1.96. The van der Waals surface area contributed by atoms with Gasteiger partial charge in [-0.2, -0.15) is 0 Å². The van der Waals surface area contributed by atoms with Gasteiger partial charge in [0, 0.05) is 0 Å². The van der Waals surface area contributed by atoms with Crippen LogP contribution in [0.25, 0.3) is 16.1 Å². The predicted octanol–water partition coefficient (Wildman–Crippen LogP) is 3.83. The van der Waals surface area contributed by atoms with Gasteiger partial charge in [-0.15, -0.1) is 0 Å². The van der Waals surface area contributed by atoms with Crippen molar-refractivity contribution >= 4 is 50.9 Å². The molecule has 1 heterocycles. The van der Waals surface area contributed by atoms with Crippen molar-refractivity contribution in [1.29, 1.82) is 0 Å². The molecule has 0 unspecified atom stereocenters. The van der Waals surface area contributed by atoms with Crippen molar-refractivity contribution in [3.63, 3.8) is 0 Å². The number of benzene rings is 1. The van der Waals surface area contributed by atoms with Crippen LogP contribution in [-0.4, -0.2) is 19.9 Å². The number of allylic oxidation sites excluding steroid dienone is 1. The molecule has 2 rings (SSSR count). The molecule has 84 valence electrons. The molecule has 0 fully saturated rings. The molecule has 0 amide bonds. The first-order chi connectivity index (χ1) is 7.59. The number of imidazole rings is 1. The number of alkyl halides is 2. The fourth-order valence-electron chi connectivity index (χ4n) is 1.27. The smallest absolute Gasteiger partial charge is 0.165 e. The first kappa shape index (κ1) is 11.6. The standard InChI is InChI=1S/C10H7Cl3N2O/c11-7(8(16)9(12)13)10-14-5-3-1-2-4-6(5)15-10/h1-4,9,16H,(H,14,15)/b8-7+. The zero-order chi connectivity index (χ0) is 11.7. The maximum atomic E-state index is 9.50. The second-order valence-corrected chi connectivity index (χ2v) is 4.58. The van der Waals surface area contributed by atoms with E-state index in [0.717, 1.165) is 11.0 Å². The van der Waals surface area contributed by atoms with Crippen molar-refractivity contribution in [2.24, 2.45) is 0 Å². The minimum absolute atomic E-state index is 0.0196. The van der Waals surface area contributed by atoms with Gasteiger partial charge in [0.25, 0.3) is 0 Å². The highest BCUT2D eigenvalue weighted by molar-refractivity contribution is 6.52. The maximum Gasteiger partial charge on any atom is 0.165 e. The summed E-state index contributed by atoms with van der Waals surface area (Å²) >= 11 is 16.9. The second kappa shape index (κ2) is 4.53. The molecular weight excluding hydrogens is 270 g/mol. The average molecular weight is 278 g/mol. The van der Waals surface area contributed by atoms with Gasteiger partial charge in [-0.1, -0.05) is 46.9 Å². The number of nitrogens with zero attached hydrogens (tertiary/aromatic N) is 1. The normalized spacial score (nSPS) is 13.2. The van der Waals surface area contributed by atoms with E-state index in [1.54, 1.807) is 0 Å². The molecule has 1 aromatic carbocycles. The van der Waals surface area contributed by atoms with Crippen molar-refractivity contribution in [3.8, 4) is 0 Å². The van der Waals surface area contributed by atoms with Gasteiger partial charge in [-0.25, -0.2) is 4.98 Å². The summed E-state index contributed by atoms with van der Waals surface area (Å²) in [7, 11) is 0. The summed E-state index contributed by atoms with van der Waals surface area (Å²) in [5.74, 6) is 0.0238. The maximum absolute atomic E-state index is 9.50. The molecule has 0 atom stereocenters. The highest BCUT2D eigenvalue weighted by Gasteiger charge is 2.15. The Kier molecular flexibility index (Phi) is 3.28. The number of aromatic nitrogens is 2. The Morgan fingerprint density at radius 1 is 1.31 bits per heavy atom. The van der Waals surface area contributed by atoms with Crippen LogP contribution in [-0.2, 0) is 0 Å². The number of para-hydroxylation sites is 2. The van der Waals surface area contributed by atoms with Gasteiger partial charge in [0.15, 0.2) is 10.7 Å². The molecular formula is C10H7Cl3N2O. The van der Waals surface area contributed by atoms with Crippen LogP contribution in [0, 0.1) is 0 Å². The molecule has 2 N–H and O–H groups in total. The number of halogens is 3. The van der Waals surface area contributed by atoms with Crippen LogP contribution in [0.2, 0.25) is 0 Å². The molecule has 0 aliphatic rings. The number of nitrogens with one attached hydrogen (secondary N) is 1. The quantitative estimate of drug-likeness (QED) is 0.647. The number of hydrogen-bond acceptors (Lipinski definition) is 2. The monoisotopic (exact) mass is 276 g/mol. The second-order valence-electron chi connectivity index (χ2n) is 3.10. The van der Waals surface area contributed by atoms with Crippen molar-refractivity contribution in [2.45, 2.75) is 4.84 Å². The van der Waals surface area contributed by atoms with Crippen molar-refractivity contribution in [1.82, 2.24) is 9.97 Å². The number of H-pyrrole nitrogens is 1. The number of hydrogen-bond donors (Lipinski definition) is 2. The lowest BCUT2D eigenvalue weighted by Gasteiger charge is -2.01. The summed E-state index contributed by atoms with van der Waals surface area (Å²) in [6.07, 6.45) is 0. The largest absolute Gasteiger partial charge is 0.508 e. The molecule has 0 bridgehead atoms. The summed E-state index contributed by atoms with van der Waals surface area (Å²) < 4.78 is 0. The topological polar surface area (TPSA) is 48.9 Å². The van der Waals surface area contributed by atoms with E-state index in [2.05, 4.69) is 9.97 Å². The summed E-state index contributed by atoms with van der Waals surface area (Å²) in [5.41, 5.74) is 1.58. The Labute approximate surface area is 107 Å².